The van der Waals surface area contributed by atoms with Crippen LogP contribution in [0, 0.1) is 0 Å². The van der Waals surface area contributed by atoms with Crippen LogP contribution in [0.1, 0.15) is 29.3 Å². The molecule has 0 amide bonds. The van der Waals surface area contributed by atoms with Gasteiger partial charge in [-0.05, 0) is 17.7 Å². The summed E-state index contributed by atoms with van der Waals surface area (Å²) in [5.41, 5.74) is 4.09. The third-order valence-corrected chi connectivity index (χ3v) is 5.10. The van der Waals surface area contributed by atoms with Crippen LogP contribution in [0.5, 0.6) is 0 Å². The lowest BCUT2D eigenvalue weighted by Gasteiger charge is -2.14. The van der Waals surface area contributed by atoms with Crippen LogP contribution in [-0.2, 0) is 18.9 Å². The molecule has 4 rings (SSSR count). The number of hydrogen-bond donors (Lipinski definition) is 1. The highest BCUT2D eigenvalue weighted by Crippen LogP contribution is 2.38. The van der Waals surface area contributed by atoms with Crippen molar-refractivity contribution in [2.45, 2.75) is 12.5 Å². The van der Waals surface area contributed by atoms with Crippen molar-refractivity contribution in [3.05, 3.63) is 74.9 Å². The highest BCUT2D eigenvalue weighted by Gasteiger charge is 2.29. The molecular formula is C20H17ClN4O3. The molecule has 142 valence electrons. The molecule has 7 nitrogen and oxygen atoms in total. The van der Waals surface area contributed by atoms with E-state index in [2.05, 4.69) is 5.10 Å². The average Bonchev–Trinajstić information content (AvgIpc) is 2.96. The first-order valence-corrected chi connectivity index (χ1v) is 9.02. The predicted molar refractivity (Wildman–Crippen MR) is 106 cm³/mol. The van der Waals surface area contributed by atoms with Gasteiger partial charge in [0.05, 0.1) is 30.1 Å². The molecule has 3 aromatic rings. The van der Waals surface area contributed by atoms with Gasteiger partial charge in [0.2, 0.25) is 0 Å². The van der Waals surface area contributed by atoms with Gasteiger partial charge in [0, 0.05) is 48.1 Å². The van der Waals surface area contributed by atoms with Gasteiger partial charge in [-0.25, -0.2) is 0 Å². The summed E-state index contributed by atoms with van der Waals surface area (Å²) >= 11 is 6.03. The minimum atomic E-state index is -0.986. The van der Waals surface area contributed by atoms with Crippen molar-refractivity contribution >= 4 is 23.3 Å². The van der Waals surface area contributed by atoms with Crippen LogP contribution in [0.15, 0.2) is 52.5 Å². The molecule has 0 saturated carbocycles. The van der Waals surface area contributed by atoms with Crippen LogP contribution >= 0.6 is 11.6 Å². The molecule has 1 unspecified atom stereocenters. The molecule has 0 spiro atoms. The molecule has 0 fully saturated rings. The normalized spacial score (nSPS) is 15.4. The van der Waals surface area contributed by atoms with Gasteiger partial charge < -0.3 is 9.67 Å². The summed E-state index contributed by atoms with van der Waals surface area (Å²) in [6.45, 7) is 0. The maximum atomic E-state index is 12.3. The van der Waals surface area contributed by atoms with Gasteiger partial charge in [-0.2, -0.15) is 5.10 Å². The second-order valence-electron chi connectivity index (χ2n) is 6.72. The number of hydrogen-bond acceptors (Lipinski definition) is 4. The molecule has 2 aromatic heterocycles. The quantitative estimate of drug-likeness (QED) is 0.737. The van der Waals surface area contributed by atoms with Crippen molar-refractivity contribution in [3.8, 4) is 11.1 Å². The fourth-order valence-corrected chi connectivity index (χ4v) is 3.61. The zero-order valence-electron chi connectivity index (χ0n) is 15.3. The van der Waals surface area contributed by atoms with E-state index in [1.165, 1.54) is 10.6 Å². The Kier molecular flexibility index (Phi) is 4.39. The number of aryl methyl sites for hydroxylation is 2. The summed E-state index contributed by atoms with van der Waals surface area (Å²) in [5, 5.41) is 14.4. The fraction of sp³-hybridized carbons (Fsp3) is 0.200. The van der Waals surface area contributed by atoms with E-state index >= 15 is 0 Å². The molecule has 1 aliphatic rings. The van der Waals surface area contributed by atoms with Crippen LogP contribution in [-0.4, -0.2) is 31.1 Å². The Hall–Kier alpha value is -3.19. The lowest BCUT2D eigenvalue weighted by atomic mass is 9.96. The Balaban J connectivity index is 2.05. The Morgan fingerprint density at radius 3 is 2.61 bits per heavy atom. The fourth-order valence-electron chi connectivity index (χ4n) is 3.49. The highest BCUT2D eigenvalue weighted by molar-refractivity contribution is 6.30. The summed E-state index contributed by atoms with van der Waals surface area (Å²) in [7, 11) is 3.47. The number of carbonyl (C=O) groups is 1. The number of pyridine rings is 1. The third kappa shape index (κ3) is 3.03. The van der Waals surface area contributed by atoms with Crippen LogP contribution in [0.25, 0.3) is 11.1 Å². The molecule has 1 atom stereocenters. The lowest BCUT2D eigenvalue weighted by molar-refractivity contribution is -0.137. The molecule has 28 heavy (non-hydrogen) atoms. The summed E-state index contributed by atoms with van der Waals surface area (Å²) in [5.74, 6) is -0.986. The van der Waals surface area contributed by atoms with Crippen molar-refractivity contribution in [2.24, 2.45) is 19.1 Å². The highest BCUT2D eigenvalue weighted by atomic mass is 35.5. The minimum absolute atomic E-state index is 0.218. The monoisotopic (exact) mass is 396 g/mol. The van der Waals surface area contributed by atoms with E-state index < -0.39 is 12.0 Å². The van der Waals surface area contributed by atoms with E-state index in [0.717, 1.165) is 22.4 Å². The number of benzene rings is 1. The number of halogens is 1. The van der Waals surface area contributed by atoms with E-state index in [1.54, 1.807) is 36.3 Å². The van der Waals surface area contributed by atoms with Gasteiger partial charge in [0.1, 0.15) is 0 Å². The topological polar surface area (TPSA) is 89.5 Å². The van der Waals surface area contributed by atoms with Crippen molar-refractivity contribution in [1.29, 1.82) is 0 Å². The maximum Gasteiger partial charge on any atom is 0.305 e. The van der Waals surface area contributed by atoms with Gasteiger partial charge in [-0.15, -0.1) is 0 Å². The largest absolute Gasteiger partial charge is 0.481 e. The first kappa shape index (κ1) is 18.2. The number of aromatic nitrogens is 3. The molecule has 1 aromatic carbocycles. The average molecular weight is 397 g/mol. The van der Waals surface area contributed by atoms with Gasteiger partial charge in [0.25, 0.3) is 5.56 Å². The Morgan fingerprint density at radius 2 is 1.93 bits per heavy atom. The minimum Gasteiger partial charge on any atom is -0.481 e. The molecule has 0 bridgehead atoms. The Labute approximate surface area is 165 Å². The van der Waals surface area contributed by atoms with Gasteiger partial charge >= 0.3 is 5.97 Å². The molecule has 3 heterocycles. The van der Waals surface area contributed by atoms with Crippen LogP contribution in [0.3, 0.4) is 0 Å². The van der Waals surface area contributed by atoms with Gasteiger partial charge in [-0.3, -0.25) is 19.3 Å². The SMILES string of the molecule is Cn1ncc2c1C(c1ccc(Cl)cc1)=NC(CC(=O)O)c1cc(=O)n(C)cc1-2. The number of carboxylic acid groups (broad SMARTS) is 1. The molecule has 0 radical (unpaired) electrons. The molecule has 0 saturated heterocycles. The molecule has 1 aliphatic heterocycles. The number of rotatable bonds is 3. The summed E-state index contributed by atoms with van der Waals surface area (Å²) in [6, 6.07) is 7.97. The first-order valence-electron chi connectivity index (χ1n) is 8.64. The second kappa shape index (κ2) is 6.76. The Bertz CT molecular complexity index is 1180. The molecule has 8 heteroatoms. The zero-order chi connectivity index (χ0) is 20.0. The van der Waals surface area contributed by atoms with Crippen LogP contribution in [0.2, 0.25) is 5.02 Å². The lowest BCUT2D eigenvalue weighted by Crippen LogP contribution is -2.18. The number of aliphatic carboxylic acids is 1. The summed E-state index contributed by atoms with van der Waals surface area (Å²) in [4.78, 5) is 28.6. The first-order chi connectivity index (χ1) is 13.3. The van der Waals surface area contributed by atoms with Crippen LogP contribution < -0.4 is 5.56 Å². The van der Waals surface area contributed by atoms with Crippen molar-refractivity contribution in [1.82, 2.24) is 14.3 Å². The van der Waals surface area contributed by atoms with E-state index in [0.29, 0.717) is 16.3 Å². The third-order valence-electron chi connectivity index (χ3n) is 4.84. The number of nitrogens with zero attached hydrogens (tertiary/aromatic N) is 4. The number of fused-ring (bicyclic) bond motifs is 3. The van der Waals surface area contributed by atoms with E-state index in [-0.39, 0.29) is 12.0 Å². The van der Waals surface area contributed by atoms with E-state index in [1.807, 2.05) is 19.2 Å². The van der Waals surface area contributed by atoms with Crippen LogP contribution in [0.4, 0.5) is 0 Å². The summed E-state index contributed by atoms with van der Waals surface area (Å²) < 4.78 is 3.18. The number of aliphatic imine (C=N–C) groups is 1. The molecular weight excluding hydrogens is 380 g/mol. The van der Waals surface area contributed by atoms with Crippen molar-refractivity contribution in [2.75, 3.05) is 0 Å². The van der Waals surface area contributed by atoms with Gasteiger partial charge in [0.15, 0.2) is 0 Å². The zero-order valence-corrected chi connectivity index (χ0v) is 16.0. The van der Waals surface area contributed by atoms with Crippen molar-refractivity contribution in [3.63, 3.8) is 0 Å². The maximum absolute atomic E-state index is 12.3. The summed E-state index contributed by atoms with van der Waals surface area (Å²) in [6.07, 6.45) is 3.21. The van der Waals surface area contributed by atoms with E-state index in [4.69, 9.17) is 16.6 Å². The Morgan fingerprint density at radius 1 is 1.21 bits per heavy atom. The standard InChI is InChI=1S/C20H17ClN4O3/c1-24-10-15-13(7-17(24)26)16(8-18(27)28)23-19(11-3-5-12(21)6-4-11)20-14(15)9-22-25(20)2/h3-7,9-10,16H,8H2,1-2H3,(H,27,28). The molecule has 1 N–H and O–H groups in total. The van der Waals surface area contributed by atoms with Crippen molar-refractivity contribution < 1.29 is 9.90 Å². The van der Waals surface area contributed by atoms with Gasteiger partial charge in [-0.1, -0.05) is 23.7 Å². The molecule has 0 aliphatic carbocycles. The predicted octanol–water partition coefficient (Wildman–Crippen LogP) is 2.81. The second-order valence-corrected chi connectivity index (χ2v) is 7.16. The van der Waals surface area contributed by atoms with E-state index in [9.17, 15) is 14.7 Å². The number of carboxylic acids is 1. The smallest absolute Gasteiger partial charge is 0.305 e.